The van der Waals surface area contributed by atoms with E-state index in [-0.39, 0.29) is 16.5 Å². The Hall–Kier alpha value is -1.93. The number of nitrogen functional groups attached to an aromatic ring is 1. The fourth-order valence-electron chi connectivity index (χ4n) is 2.70. The minimum atomic E-state index is -3.61. The molecule has 0 bridgehead atoms. The smallest absolute Gasteiger partial charge is 0.245 e. The van der Waals surface area contributed by atoms with Gasteiger partial charge in [0, 0.05) is 13.1 Å². The molecular weight excluding hydrogens is 304 g/mol. The first-order valence-corrected chi connectivity index (χ1v) is 8.57. The van der Waals surface area contributed by atoms with Crippen LogP contribution in [0.1, 0.15) is 30.5 Å². The van der Waals surface area contributed by atoms with E-state index in [9.17, 15) is 8.42 Å². The van der Waals surface area contributed by atoms with E-state index in [0.717, 1.165) is 12.8 Å². The number of benzene rings is 1. The predicted molar refractivity (Wildman–Crippen MR) is 80.6 cm³/mol. The quantitative estimate of drug-likeness (QED) is 0.860. The Balaban J connectivity index is 1.87. The van der Waals surface area contributed by atoms with Crippen molar-refractivity contribution < 1.29 is 12.9 Å². The van der Waals surface area contributed by atoms with Crippen molar-refractivity contribution >= 4 is 15.7 Å². The lowest BCUT2D eigenvalue weighted by atomic mass is 10.00. The van der Waals surface area contributed by atoms with Crippen molar-refractivity contribution in [3.8, 4) is 0 Å². The van der Waals surface area contributed by atoms with E-state index in [2.05, 4.69) is 10.1 Å². The van der Waals surface area contributed by atoms with Crippen LogP contribution in [0, 0.1) is 6.92 Å². The lowest BCUT2D eigenvalue weighted by Crippen LogP contribution is -2.39. The lowest BCUT2D eigenvalue weighted by molar-refractivity contribution is 0.265. The highest BCUT2D eigenvalue weighted by Gasteiger charge is 2.33. The minimum Gasteiger partial charge on any atom is -0.398 e. The van der Waals surface area contributed by atoms with Crippen molar-refractivity contribution in [3.05, 3.63) is 36.0 Å². The monoisotopic (exact) mass is 322 g/mol. The van der Waals surface area contributed by atoms with Gasteiger partial charge in [-0.05, 0) is 31.9 Å². The number of rotatable bonds is 3. The standard InChI is InChI=1S/C14H18N4O3S/c1-10-16-14(21-17-10)11-5-4-8-18(9-11)22(19,20)13-7-3-2-6-12(13)15/h2-3,6-7,11H,4-5,8-9,15H2,1H3. The zero-order chi connectivity index (χ0) is 15.7. The Bertz CT molecular complexity index is 772. The van der Waals surface area contributed by atoms with Crippen LogP contribution in [0.25, 0.3) is 0 Å². The van der Waals surface area contributed by atoms with Crippen molar-refractivity contribution in [2.45, 2.75) is 30.6 Å². The van der Waals surface area contributed by atoms with Gasteiger partial charge in [0.15, 0.2) is 5.82 Å². The average Bonchev–Trinajstić information content (AvgIpc) is 2.94. The van der Waals surface area contributed by atoms with E-state index in [4.69, 9.17) is 10.3 Å². The fourth-order valence-corrected chi connectivity index (χ4v) is 4.34. The molecule has 1 saturated heterocycles. The predicted octanol–water partition coefficient (Wildman–Crippen LogP) is 1.53. The first-order chi connectivity index (χ1) is 10.5. The van der Waals surface area contributed by atoms with Gasteiger partial charge in [0.05, 0.1) is 11.6 Å². The number of hydrogen-bond donors (Lipinski definition) is 1. The number of para-hydroxylation sites is 1. The molecule has 1 fully saturated rings. The molecule has 8 heteroatoms. The molecule has 1 unspecified atom stereocenters. The second-order valence-electron chi connectivity index (χ2n) is 5.42. The van der Waals surface area contributed by atoms with E-state index >= 15 is 0 Å². The third-order valence-electron chi connectivity index (χ3n) is 3.81. The van der Waals surface area contributed by atoms with Crippen LogP contribution in [0.5, 0.6) is 0 Å². The van der Waals surface area contributed by atoms with E-state index < -0.39 is 10.0 Å². The molecule has 1 aromatic carbocycles. The average molecular weight is 322 g/mol. The van der Waals surface area contributed by atoms with Gasteiger partial charge in [-0.3, -0.25) is 0 Å². The van der Waals surface area contributed by atoms with E-state index in [1.54, 1.807) is 25.1 Å². The molecule has 1 aromatic heterocycles. The van der Waals surface area contributed by atoms with E-state index in [1.165, 1.54) is 10.4 Å². The number of hydrogen-bond acceptors (Lipinski definition) is 6. The van der Waals surface area contributed by atoms with Gasteiger partial charge in [-0.15, -0.1) is 0 Å². The molecular formula is C14H18N4O3S. The van der Waals surface area contributed by atoms with Crippen LogP contribution in [0.15, 0.2) is 33.7 Å². The van der Waals surface area contributed by atoms with Gasteiger partial charge in [-0.2, -0.15) is 9.29 Å². The summed E-state index contributed by atoms with van der Waals surface area (Å²) < 4.78 is 32.2. The molecule has 22 heavy (non-hydrogen) atoms. The van der Waals surface area contributed by atoms with Crippen LogP contribution < -0.4 is 5.73 Å². The van der Waals surface area contributed by atoms with Gasteiger partial charge in [0.2, 0.25) is 15.9 Å². The number of piperidine rings is 1. The largest absolute Gasteiger partial charge is 0.398 e. The van der Waals surface area contributed by atoms with Crippen molar-refractivity contribution in [1.82, 2.24) is 14.4 Å². The van der Waals surface area contributed by atoms with E-state index in [0.29, 0.717) is 24.8 Å². The number of nitrogens with two attached hydrogens (primary N) is 1. The summed E-state index contributed by atoms with van der Waals surface area (Å²) in [4.78, 5) is 4.37. The number of sulfonamides is 1. The summed E-state index contributed by atoms with van der Waals surface area (Å²) >= 11 is 0. The highest BCUT2D eigenvalue weighted by molar-refractivity contribution is 7.89. The molecule has 0 spiro atoms. The molecule has 0 amide bonds. The van der Waals surface area contributed by atoms with Gasteiger partial charge in [0.1, 0.15) is 4.90 Å². The van der Waals surface area contributed by atoms with Crippen LogP contribution in [0.2, 0.25) is 0 Å². The van der Waals surface area contributed by atoms with Crippen molar-refractivity contribution in [2.24, 2.45) is 0 Å². The maximum Gasteiger partial charge on any atom is 0.245 e. The van der Waals surface area contributed by atoms with Gasteiger partial charge in [0.25, 0.3) is 0 Å². The second kappa shape index (κ2) is 5.69. The highest BCUT2D eigenvalue weighted by Crippen LogP contribution is 2.30. The summed E-state index contributed by atoms with van der Waals surface area (Å²) in [7, 11) is -3.61. The lowest BCUT2D eigenvalue weighted by Gasteiger charge is -2.30. The molecule has 0 aliphatic carbocycles. The Labute approximate surface area is 129 Å². The third kappa shape index (κ3) is 2.71. The normalized spacial score (nSPS) is 20.1. The number of aryl methyl sites for hydroxylation is 1. The number of nitrogens with zero attached hydrogens (tertiary/aromatic N) is 3. The molecule has 2 aromatic rings. The summed E-state index contributed by atoms with van der Waals surface area (Å²) in [5.41, 5.74) is 6.08. The first-order valence-electron chi connectivity index (χ1n) is 7.13. The molecule has 0 radical (unpaired) electrons. The Morgan fingerprint density at radius 1 is 1.36 bits per heavy atom. The van der Waals surface area contributed by atoms with Gasteiger partial charge >= 0.3 is 0 Å². The van der Waals surface area contributed by atoms with Crippen LogP contribution in [-0.2, 0) is 10.0 Å². The summed E-state index contributed by atoms with van der Waals surface area (Å²) in [6, 6.07) is 6.52. The molecule has 2 N–H and O–H groups in total. The molecule has 0 saturated carbocycles. The Morgan fingerprint density at radius 2 is 2.14 bits per heavy atom. The van der Waals surface area contributed by atoms with Crippen LogP contribution >= 0.6 is 0 Å². The van der Waals surface area contributed by atoms with Crippen LogP contribution in [0.3, 0.4) is 0 Å². The molecule has 3 rings (SSSR count). The number of anilines is 1. The van der Waals surface area contributed by atoms with Crippen molar-refractivity contribution in [3.63, 3.8) is 0 Å². The molecule has 7 nitrogen and oxygen atoms in total. The Kier molecular flexibility index (Phi) is 3.88. The van der Waals surface area contributed by atoms with Gasteiger partial charge in [-0.25, -0.2) is 8.42 Å². The van der Waals surface area contributed by atoms with Crippen molar-refractivity contribution in [1.29, 1.82) is 0 Å². The highest BCUT2D eigenvalue weighted by atomic mass is 32.2. The number of aromatic nitrogens is 2. The molecule has 118 valence electrons. The molecule has 1 atom stereocenters. The molecule has 1 aliphatic heterocycles. The zero-order valence-corrected chi connectivity index (χ0v) is 13.1. The van der Waals surface area contributed by atoms with Gasteiger partial charge < -0.3 is 10.3 Å². The van der Waals surface area contributed by atoms with Crippen molar-refractivity contribution in [2.75, 3.05) is 18.8 Å². The summed E-state index contributed by atoms with van der Waals surface area (Å²) in [5.74, 6) is 0.982. The Morgan fingerprint density at radius 3 is 2.82 bits per heavy atom. The maximum absolute atomic E-state index is 12.8. The summed E-state index contributed by atoms with van der Waals surface area (Å²) in [6.45, 7) is 2.55. The van der Waals surface area contributed by atoms with Crippen LogP contribution in [0.4, 0.5) is 5.69 Å². The maximum atomic E-state index is 12.8. The zero-order valence-electron chi connectivity index (χ0n) is 12.3. The van der Waals surface area contributed by atoms with E-state index in [1.807, 2.05) is 0 Å². The summed E-state index contributed by atoms with van der Waals surface area (Å²) in [5, 5.41) is 3.78. The van der Waals surface area contributed by atoms with Gasteiger partial charge in [-0.1, -0.05) is 17.3 Å². The topological polar surface area (TPSA) is 102 Å². The second-order valence-corrected chi connectivity index (χ2v) is 7.33. The first kappa shape index (κ1) is 15.0. The fraction of sp³-hybridized carbons (Fsp3) is 0.429. The molecule has 1 aliphatic rings. The third-order valence-corrected chi connectivity index (χ3v) is 5.75. The van der Waals surface area contributed by atoms with Crippen LogP contribution in [-0.4, -0.2) is 36.0 Å². The molecule has 2 heterocycles. The summed E-state index contributed by atoms with van der Waals surface area (Å²) in [6.07, 6.45) is 1.58. The SMILES string of the molecule is Cc1noc(C2CCCN(S(=O)(=O)c3ccccc3N)C2)n1. The minimum absolute atomic E-state index is 0.0744.